The fourth-order valence-electron chi connectivity index (χ4n) is 9.40. The Morgan fingerprint density at radius 3 is 2.59 bits per heavy atom. The van der Waals surface area contributed by atoms with Crippen molar-refractivity contribution >= 4 is 5.91 Å². The lowest BCUT2D eigenvalue weighted by atomic mass is 9.68. The summed E-state index contributed by atoms with van der Waals surface area (Å²) >= 11 is 0. The molecule has 1 amide bonds. The lowest BCUT2D eigenvalue weighted by molar-refractivity contribution is -0.135. The van der Waals surface area contributed by atoms with Crippen LogP contribution in [0.5, 0.6) is 0 Å². The smallest absolute Gasteiger partial charge is 0.245 e. The highest BCUT2D eigenvalue weighted by Gasteiger charge is 2.58. The van der Waals surface area contributed by atoms with Crippen LogP contribution in [0.25, 0.3) is 0 Å². The van der Waals surface area contributed by atoms with Crippen molar-refractivity contribution in [2.24, 2.45) is 29.4 Å². The zero-order chi connectivity index (χ0) is 30.4. The fraction of sp³-hybridized carbons (Fsp3) is 0.848. The molecule has 5 N–H and O–H groups in total. The van der Waals surface area contributed by atoms with Crippen LogP contribution in [0.4, 0.5) is 0 Å². The van der Waals surface area contributed by atoms with Crippen molar-refractivity contribution in [3.8, 4) is 11.8 Å². The first-order valence-electron chi connectivity index (χ1n) is 17.2. The van der Waals surface area contributed by atoms with Gasteiger partial charge in [-0.25, -0.2) is 0 Å². The highest BCUT2D eigenvalue weighted by atomic mass is 16.7. The van der Waals surface area contributed by atoms with E-state index in [1.807, 2.05) is 4.90 Å². The molecule has 11 nitrogen and oxygen atoms in total. The number of fused-ring (bicyclic) bond motifs is 2. The van der Waals surface area contributed by atoms with Crippen molar-refractivity contribution in [1.82, 2.24) is 30.7 Å². The second kappa shape index (κ2) is 13.3. The minimum Gasteiger partial charge on any atom is -0.357 e. The van der Waals surface area contributed by atoms with E-state index in [9.17, 15) is 4.79 Å². The Bertz CT molecular complexity index is 1100. The Labute approximate surface area is 262 Å². The van der Waals surface area contributed by atoms with Crippen molar-refractivity contribution in [3.05, 3.63) is 12.7 Å². The number of likely N-dealkylation sites (tertiary alicyclic amines) is 3. The summed E-state index contributed by atoms with van der Waals surface area (Å²) in [5, 5.41) is 10.8. The van der Waals surface area contributed by atoms with Crippen LogP contribution in [-0.2, 0) is 19.0 Å². The van der Waals surface area contributed by atoms with Crippen molar-refractivity contribution in [3.63, 3.8) is 0 Å². The van der Waals surface area contributed by atoms with Gasteiger partial charge >= 0.3 is 0 Å². The summed E-state index contributed by atoms with van der Waals surface area (Å²) in [6.45, 7) is 10.6. The van der Waals surface area contributed by atoms with E-state index < -0.39 is 0 Å². The third-order valence-corrected chi connectivity index (χ3v) is 11.8. The molecule has 1 saturated carbocycles. The maximum absolute atomic E-state index is 12.0. The summed E-state index contributed by atoms with van der Waals surface area (Å²) in [7, 11) is 2.21. The lowest BCUT2D eigenvalue weighted by Gasteiger charge is -2.46. The Hall–Kier alpha value is -1.59. The number of hydrogen-bond acceptors (Lipinski definition) is 10. The predicted molar refractivity (Wildman–Crippen MR) is 167 cm³/mol. The summed E-state index contributed by atoms with van der Waals surface area (Å²) in [5.74, 6) is 8.73. The van der Waals surface area contributed by atoms with Gasteiger partial charge in [-0.05, 0) is 76.8 Å². The first-order valence-corrected chi connectivity index (χ1v) is 17.2. The van der Waals surface area contributed by atoms with Gasteiger partial charge in [0.25, 0.3) is 0 Å². The quantitative estimate of drug-likeness (QED) is 0.258. The average molecular weight is 612 g/mol. The molecule has 7 aliphatic rings. The molecule has 11 heteroatoms. The van der Waals surface area contributed by atoms with Gasteiger partial charge in [0, 0.05) is 56.8 Å². The van der Waals surface area contributed by atoms with Crippen molar-refractivity contribution < 1.29 is 19.0 Å². The first-order chi connectivity index (χ1) is 21.4. The molecular formula is C33H53N7O4. The zero-order valence-corrected chi connectivity index (χ0v) is 26.5. The molecular weight excluding hydrogens is 558 g/mol. The minimum absolute atomic E-state index is 0.0108. The number of amides is 1. The normalized spacial score (nSPS) is 43.9. The molecule has 6 aliphatic heterocycles. The second-order valence-corrected chi connectivity index (χ2v) is 14.3. The van der Waals surface area contributed by atoms with E-state index in [1.165, 1.54) is 18.9 Å². The minimum atomic E-state index is -0.0961. The summed E-state index contributed by atoms with van der Waals surface area (Å²) in [6, 6.07) is 1.13. The molecule has 11 atom stereocenters. The molecule has 7 fully saturated rings. The predicted octanol–water partition coefficient (Wildman–Crippen LogP) is 0.431. The average Bonchev–Trinajstić information content (AvgIpc) is 3.61. The topological polar surface area (TPSA) is 117 Å². The van der Waals surface area contributed by atoms with Crippen LogP contribution in [0, 0.1) is 35.5 Å². The molecule has 11 unspecified atom stereocenters. The number of nitrogens with zero attached hydrogens (tertiary/aromatic N) is 3. The molecule has 0 aromatic heterocycles. The van der Waals surface area contributed by atoms with Crippen LogP contribution in [0.15, 0.2) is 12.7 Å². The monoisotopic (exact) mass is 611 g/mol. The van der Waals surface area contributed by atoms with Crippen LogP contribution >= 0.6 is 0 Å². The molecule has 7 rings (SSSR count). The number of nitrogens with one attached hydrogen (secondary N) is 3. The number of ether oxygens (including phenoxy) is 3. The van der Waals surface area contributed by atoms with Gasteiger partial charge in [-0.1, -0.05) is 18.4 Å². The summed E-state index contributed by atoms with van der Waals surface area (Å²) < 4.78 is 19.3. The van der Waals surface area contributed by atoms with E-state index in [0.29, 0.717) is 37.4 Å². The van der Waals surface area contributed by atoms with Gasteiger partial charge in [0.1, 0.15) is 19.1 Å². The van der Waals surface area contributed by atoms with E-state index >= 15 is 0 Å². The second-order valence-electron chi connectivity index (χ2n) is 14.3. The van der Waals surface area contributed by atoms with Crippen molar-refractivity contribution in [2.75, 3.05) is 46.7 Å². The third kappa shape index (κ3) is 5.98. The van der Waals surface area contributed by atoms with E-state index in [-0.39, 0.29) is 60.7 Å². The van der Waals surface area contributed by atoms with Crippen LogP contribution in [0.3, 0.4) is 0 Å². The van der Waals surface area contributed by atoms with Gasteiger partial charge < -0.3 is 24.8 Å². The third-order valence-electron chi connectivity index (χ3n) is 11.8. The van der Waals surface area contributed by atoms with E-state index in [2.05, 4.69) is 58.1 Å². The molecule has 0 bridgehead atoms. The molecule has 44 heavy (non-hydrogen) atoms. The van der Waals surface area contributed by atoms with Gasteiger partial charge in [0.15, 0.2) is 0 Å². The number of piperidine rings is 2. The highest BCUT2D eigenvalue weighted by molar-refractivity contribution is 5.87. The van der Waals surface area contributed by atoms with Crippen LogP contribution in [0.2, 0.25) is 0 Å². The van der Waals surface area contributed by atoms with Crippen molar-refractivity contribution in [2.45, 2.75) is 107 Å². The van der Waals surface area contributed by atoms with Crippen LogP contribution in [0.1, 0.15) is 51.9 Å². The van der Waals surface area contributed by atoms with E-state index in [1.54, 1.807) is 0 Å². The first kappa shape index (κ1) is 31.0. The molecule has 0 radical (unpaired) electrons. The molecule has 1 aliphatic carbocycles. The zero-order valence-electron chi connectivity index (χ0n) is 26.5. The van der Waals surface area contributed by atoms with E-state index in [4.69, 9.17) is 19.9 Å². The molecule has 6 heterocycles. The largest absolute Gasteiger partial charge is 0.357 e. The molecule has 0 aromatic carbocycles. The van der Waals surface area contributed by atoms with Gasteiger partial charge in [-0.3, -0.25) is 30.5 Å². The molecule has 0 spiro atoms. The van der Waals surface area contributed by atoms with Crippen LogP contribution in [-0.4, -0.2) is 122 Å². The molecule has 244 valence electrons. The van der Waals surface area contributed by atoms with E-state index in [0.717, 1.165) is 58.3 Å². The Balaban J connectivity index is 1.03. The number of carbonyl (C=O) groups is 1. The Morgan fingerprint density at radius 1 is 1.02 bits per heavy atom. The number of hydrogen-bond donors (Lipinski definition) is 4. The number of carbonyl (C=O) groups excluding carboxylic acids is 1. The molecule has 0 aromatic rings. The fourth-order valence-corrected chi connectivity index (χ4v) is 9.40. The van der Waals surface area contributed by atoms with Crippen LogP contribution < -0.4 is 21.7 Å². The highest BCUT2D eigenvalue weighted by Crippen LogP contribution is 2.48. The van der Waals surface area contributed by atoms with Gasteiger partial charge in [0.05, 0.1) is 30.6 Å². The lowest BCUT2D eigenvalue weighted by Crippen LogP contribution is -2.63. The van der Waals surface area contributed by atoms with Crippen molar-refractivity contribution in [1.29, 1.82) is 0 Å². The Morgan fingerprint density at radius 2 is 1.82 bits per heavy atom. The van der Waals surface area contributed by atoms with Gasteiger partial charge in [0.2, 0.25) is 5.91 Å². The SMILES string of the molecule is C=CC(=O)N1CCC(N2CC(C#CC3C(C4CCC(OC5CCCC(C)N5)C5OCOC45)C4C(N)NCNC4N3C)C2)CC1. The maximum atomic E-state index is 12.0. The summed E-state index contributed by atoms with van der Waals surface area (Å²) in [5.41, 5.74) is 6.81. The number of rotatable bonds is 5. The molecule has 6 saturated heterocycles. The summed E-state index contributed by atoms with van der Waals surface area (Å²) in [4.78, 5) is 18.9. The Kier molecular flexibility index (Phi) is 9.35. The standard InChI is InChI=1S/C33H53N7O4/c1-4-27(41)39-14-12-22(13-15-39)40-16-21(17-40)8-10-24-28(29-32(34)35-18-36-33(29)38(24)3)23-9-11-25(31-30(23)42-19-43-31)44-26-7-5-6-20(2)37-26/h4,20-26,28-33,35-37H,1,5-7,9,11-19,34H2,2-3H3. The van der Waals surface area contributed by atoms with Gasteiger partial charge in [-0.2, -0.15) is 0 Å². The summed E-state index contributed by atoms with van der Waals surface area (Å²) in [6.07, 6.45) is 9.08. The van der Waals surface area contributed by atoms with Gasteiger partial charge in [-0.15, -0.1) is 0 Å². The number of nitrogens with two attached hydrogens (primary N) is 1. The maximum Gasteiger partial charge on any atom is 0.245 e.